The van der Waals surface area contributed by atoms with Crippen molar-refractivity contribution in [3.8, 4) is 17.0 Å². The Kier molecular flexibility index (Phi) is 6.07. The van der Waals surface area contributed by atoms with E-state index in [-0.39, 0.29) is 5.56 Å². The van der Waals surface area contributed by atoms with Gasteiger partial charge >= 0.3 is 0 Å². The van der Waals surface area contributed by atoms with Gasteiger partial charge in [-0.25, -0.2) is 4.98 Å². The van der Waals surface area contributed by atoms with E-state index in [1.54, 1.807) is 11.7 Å². The van der Waals surface area contributed by atoms with Gasteiger partial charge in [0.2, 0.25) is 0 Å². The maximum Gasteiger partial charge on any atom is 0.257 e. The second kappa shape index (κ2) is 8.67. The van der Waals surface area contributed by atoms with E-state index in [2.05, 4.69) is 19.1 Å². The molecule has 0 bridgehead atoms. The fraction of sp³-hybridized carbons (Fsp3) is 0.304. The molecule has 3 rings (SSSR count). The Bertz CT molecular complexity index is 962. The molecule has 0 aliphatic rings. The average molecular weight is 362 g/mol. The Morgan fingerprint density at radius 3 is 2.41 bits per heavy atom. The molecule has 0 fully saturated rings. The molecular formula is C23H26N2O2. The highest BCUT2D eigenvalue weighted by atomic mass is 16.5. The summed E-state index contributed by atoms with van der Waals surface area (Å²) in [6.45, 7) is 4.66. The maximum atomic E-state index is 13.3. The number of ether oxygens (including phenoxy) is 1. The number of hydrogen-bond acceptors (Lipinski definition) is 3. The summed E-state index contributed by atoms with van der Waals surface area (Å²) in [5.41, 5.74) is 3.62. The molecule has 1 aromatic heterocycles. The lowest BCUT2D eigenvalue weighted by Crippen LogP contribution is -2.28. The van der Waals surface area contributed by atoms with E-state index in [1.807, 2.05) is 49.4 Å². The summed E-state index contributed by atoms with van der Waals surface area (Å²) in [6.07, 6.45) is 2.34. The predicted molar refractivity (Wildman–Crippen MR) is 109 cm³/mol. The van der Waals surface area contributed by atoms with E-state index < -0.39 is 0 Å². The van der Waals surface area contributed by atoms with Crippen LogP contribution in [-0.4, -0.2) is 16.7 Å². The van der Waals surface area contributed by atoms with Crippen molar-refractivity contribution in [1.29, 1.82) is 0 Å². The summed E-state index contributed by atoms with van der Waals surface area (Å²) in [6, 6.07) is 18.0. The van der Waals surface area contributed by atoms with E-state index in [0.29, 0.717) is 13.0 Å². The van der Waals surface area contributed by atoms with Crippen LogP contribution < -0.4 is 10.3 Å². The first-order chi connectivity index (χ1) is 13.2. The quantitative estimate of drug-likeness (QED) is 0.625. The van der Waals surface area contributed by atoms with Crippen molar-refractivity contribution < 1.29 is 4.74 Å². The predicted octanol–water partition coefficient (Wildman–Crippen LogP) is 4.42. The van der Waals surface area contributed by atoms with Crippen LogP contribution in [0.3, 0.4) is 0 Å². The van der Waals surface area contributed by atoms with E-state index in [1.165, 1.54) is 5.56 Å². The Labute approximate surface area is 160 Å². The van der Waals surface area contributed by atoms with Gasteiger partial charge in [-0.3, -0.25) is 9.36 Å². The third kappa shape index (κ3) is 4.11. The monoisotopic (exact) mass is 362 g/mol. The summed E-state index contributed by atoms with van der Waals surface area (Å²) in [7, 11) is 1.65. The normalized spacial score (nSPS) is 10.8. The highest BCUT2D eigenvalue weighted by molar-refractivity contribution is 5.69. The number of hydrogen-bond donors (Lipinski definition) is 0. The minimum atomic E-state index is 0.0567. The van der Waals surface area contributed by atoms with Crippen LogP contribution in [-0.2, 0) is 19.4 Å². The summed E-state index contributed by atoms with van der Waals surface area (Å²) in [5.74, 6) is 1.48. The largest absolute Gasteiger partial charge is 0.496 e. The molecule has 0 aliphatic heterocycles. The lowest BCUT2D eigenvalue weighted by molar-refractivity contribution is 0.416. The molecule has 0 aliphatic carbocycles. The van der Waals surface area contributed by atoms with Crippen molar-refractivity contribution in [2.24, 2.45) is 0 Å². The molecule has 27 heavy (non-hydrogen) atoms. The molecule has 0 unspecified atom stereocenters. The topological polar surface area (TPSA) is 44.1 Å². The van der Waals surface area contributed by atoms with Crippen molar-refractivity contribution in [3.63, 3.8) is 0 Å². The molecule has 1 heterocycles. The van der Waals surface area contributed by atoms with Crippen LogP contribution >= 0.6 is 0 Å². The molecule has 4 nitrogen and oxygen atoms in total. The fourth-order valence-corrected chi connectivity index (χ4v) is 3.39. The number of rotatable bonds is 7. The average Bonchev–Trinajstić information content (AvgIpc) is 2.71. The molecule has 0 spiro atoms. The fourth-order valence-electron chi connectivity index (χ4n) is 3.39. The van der Waals surface area contributed by atoms with E-state index >= 15 is 0 Å². The van der Waals surface area contributed by atoms with Crippen molar-refractivity contribution in [3.05, 3.63) is 81.9 Å². The molecule has 0 atom stereocenters. The van der Waals surface area contributed by atoms with Crippen LogP contribution in [0.25, 0.3) is 11.3 Å². The van der Waals surface area contributed by atoms with Gasteiger partial charge in [0.05, 0.1) is 12.8 Å². The van der Waals surface area contributed by atoms with Gasteiger partial charge in [-0.05, 0) is 43.9 Å². The first-order valence-electron chi connectivity index (χ1n) is 9.43. The lowest BCUT2D eigenvalue weighted by Gasteiger charge is -2.16. The van der Waals surface area contributed by atoms with E-state index in [9.17, 15) is 4.79 Å². The van der Waals surface area contributed by atoms with Crippen molar-refractivity contribution >= 4 is 0 Å². The Morgan fingerprint density at radius 1 is 1.00 bits per heavy atom. The van der Waals surface area contributed by atoms with Gasteiger partial charge in [0.15, 0.2) is 0 Å². The zero-order valence-electron chi connectivity index (χ0n) is 16.2. The zero-order chi connectivity index (χ0) is 19.2. The van der Waals surface area contributed by atoms with Gasteiger partial charge in [0.1, 0.15) is 11.6 Å². The van der Waals surface area contributed by atoms with Crippen molar-refractivity contribution in [2.45, 2.75) is 39.7 Å². The number of methoxy groups -OCH3 is 1. The number of nitrogens with zero attached hydrogens (tertiary/aromatic N) is 2. The van der Waals surface area contributed by atoms with Crippen LogP contribution in [0.5, 0.6) is 5.75 Å². The Balaban J connectivity index is 2.12. The van der Waals surface area contributed by atoms with Crippen molar-refractivity contribution in [2.75, 3.05) is 7.11 Å². The highest BCUT2D eigenvalue weighted by Crippen LogP contribution is 2.30. The Hall–Kier alpha value is -2.88. The molecular weight excluding hydrogens is 336 g/mol. The molecule has 0 radical (unpaired) electrons. The molecule has 4 heteroatoms. The lowest BCUT2D eigenvalue weighted by atomic mass is 9.99. The van der Waals surface area contributed by atoms with Gasteiger partial charge in [0.25, 0.3) is 5.56 Å². The molecule has 0 amide bonds. The molecule has 3 aromatic rings. The summed E-state index contributed by atoms with van der Waals surface area (Å²) < 4.78 is 7.32. The first-order valence-corrected chi connectivity index (χ1v) is 9.43. The molecule has 2 aromatic carbocycles. The van der Waals surface area contributed by atoms with Crippen LogP contribution in [0.1, 0.15) is 30.3 Å². The molecule has 0 N–H and O–H groups in total. The highest BCUT2D eigenvalue weighted by Gasteiger charge is 2.18. The smallest absolute Gasteiger partial charge is 0.257 e. The summed E-state index contributed by atoms with van der Waals surface area (Å²) in [5, 5.41) is 0. The summed E-state index contributed by atoms with van der Waals surface area (Å²) >= 11 is 0. The number of para-hydroxylation sites is 1. The van der Waals surface area contributed by atoms with Gasteiger partial charge in [0, 0.05) is 17.7 Å². The minimum absolute atomic E-state index is 0.0567. The first kappa shape index (κ1) is 18.9. The van der Waals surface area contributed by atoms with E-state index in [4.69, 9.17) is 9.72 Å². The van der Waals surface area contributed by atoms with Gasteiger partial charge in [-0.2, -0.15) is 0 Å². The van der Waals surface area contributed by atoms with Crippen LogP contribution in [0, 0.1) is 6.92 Å². The molecule has 140 valence electrons. The third-order valence-corrected chi connectivity index (χ3v) is 4.77. The number of aryl methyl sites for hydroxylation is 2. The third-order valence-electron chi connectivity index (χ3n) is 4.77. The van der Waals surface area contributed by atoms with Crippen LogP contribution in [0.4, 0.5) is 0 Å². The molecule has 0 saturated heterocycles. The van der Waals surface area contributed by atoms with Gasteiger partial charge in [-0.15, -0.1) is 0 Å². The zero-order valence-corrected chi connectivity index (χ0v) is 16.2. The minimum Gasteiger partial charge on any atom is -0.496 e. The van der Waals surface area contributed by atoms with Crippen LogP contribution in [0.2, 0.25) is 0 Å². The molecule has 0 saturated carbocycles. The number of aromatic nitrogens is 2. The second-order valence-corrected chi connectivity index (χ2v) is 6.63. The van der Waals surface area contributed by atoms with Crippen molar-refractivity contribution in [1.82, 2.24) is 9.55 Å². The second-order valence-electron chi connectivity index (χ2n) is 6.63. The Morgan fingerprint density at radius 2 is 1.70 bits per heavy atom. The standard InChI is InChI=1S/C23H26N2O2/c1-4-16-25-17(2)24-22(19-12-8-9-13-21(19)27-3)20(23(25)26)15-14-18-10-6-5-7-11-18/h5-13H,4,14-16H2,1-3H3. The number of benzene rings is 2. The van der Waals surface area contributed by atoms with Gasteiger partial charge in [-0.1, -0.05) is 49.4 Å². The van der Waals surface area contributed by atoms with E-state index in [0.717, 1.165) is 41.2 Å². The maximum absolute atomic E-state index is 13.3. The van der Waals surface area contributed by atoms with Crippen LogP contribution in [0.15, 0.2) is 59.4 Å². The SMILES string of the molecule is CCCn1c(C)nc(-c2ccccc2OC)c(CCc2ccccc2)c1=O. The summed E-state index contributed by atoms with van der Waals surface area (Å²) in [4.78, 5) is 18.1. The van der Waals surface area contributed by atoms with Gasteiger partial charge < -0.3 is 4.74 Å².